The van der Waals surface area contributed by atoms with Gasteiger partial charge < -0.3 is 10.2 Å². The molecule has 0 radical (unpaired) electrons. The maximum absolute atomic E-state index is 13.0. The van der Waals surface area contributed by atoms with Crippen molar-refractivity contribution in [3.05, 3.63) is 69.7 Å². The summed E-state index contributed by atoms with van der Waals surface area (Å²) in [5, 5.41) is 3.80. The zero-order valence-electron chi connectivity index (χ0n) is 16.7. The Morgan fingerprint density at radius 2 is 1.86 bits per heavy atom. The molecule has 0 aromatic heterocycles. The van der Waals surface area contributed by atoms with Gasteiger partial charge >= 0.3 is 0 Å². The highest BCUT2D eigenvalue weighted by molar-refractivity contribution is 7.98. The number of thioether (sulfide) groups is 1. The van der Waals surface area contributed by atoms with E-state index in [2.05, 4.69) is 17.4 Å². The Morgan fingerprint density at radius 3 is 2.52 bits per heavy atom. The van der Waals surface area contributed by atoms with E-state index >= 15 is 0 Å². The van der Waals surface area contributed by atoms with Gasteiger partial charge in [0.2, 0.25) is 11.8 Å². The summed E-state index contributed by atoms with van der Waals surface area (Å²) in [5.41, 5.74) is 1.99. The zero-order chi connectivity index (χ0) is 21.2. The molecule has 2 aromatic rings. The van der Waals surface area contributed by atoms with Crippen molar-refractivity contribution in [2.24, 2.45) is 0 Å². The lowest BCUT2D eigenvalue weighted by molar-refractivity contribution is -0.140. The summed E-state index contributed by atoms with van der Waals surface area (Å²) in [6.07, 6.45) is 0.354. The summed E-state index contributed by atoms with van der Waals surface area (Å²) in [4.78, 5) is 26.9. The Kier molecular flexibility index (Phi) is 9.85. The maximum atomic E-state index is 13.0. The second-order valence-electron chi connectivity index (χ2n) is 6.62. The number of nitrogens with zero attached hydrogens (tertiary/aromatic N) is 1. The molecule has 0 aliphatic carbocycles. The number of carbonyl (C=O) groups is 2. The molecule has 4 nitrogen and oxygen atoms in total. The summed E-state index contributed by atoms with van der Waals surface area (Å²) in [6, 6.07) is 14.7. The van der Waals surface area contributed by atoms with Gasteiger partial charge in [-0.05, 0) is 37.1 Å². The van der Waals surface area contributed by atoms with Gasteiger partial charge in [-0.15, -0.1) is 0 Å². The van der Waals surface area contributed by atoms with Gasteiger partial charge in [0.25, 0.3) is 0 Å². The van der Waals surface area contributed by atoms with Crippen molar-refractivity contribution in [3.8, 4) is 0 Å². The number of halogens is 2. The third kappa shape index (κ3) is 7.57. The fourth-order valence-electron chi connectivity index (χ4n) is 2.81. The number of nitrogens with one attached hydrogen (secondary N) is 1. The molecule has 7 heteroatoms. The lowest BCUT2D eigenvalue weighted by Crippen LogP contribution is -2.47. The van der Waals surface area contributed by atoms with Crippen LogP contribution >= 0.6 is 35.0 Å². The van der Waals surface area contributed by atoms with Crippen LogP contribution in [0.4, 0.5) is 0 Å². The molecule has 0 unspecified atom stereocenters. The van der Waals surface area contributed by atoms with Crippen LogP contribution in [0.15, 0.2) is 48.5 Å². The third-order valence-corrected chi connectivity index (χ3v) is 6.06. The van der Waals surface area contributed by atoms with E-state index in [1.807, 2.05) is 25.1 Å². The minimum absolute atomic E-state index is 0.0738. The molecular formula is C22H26Cl2N2O2S. The van der Waals surface area contributed by atoms with Crippen LogP contribution < -0.4 is 5.32 Å². The molecular weight excluding hydrogens is 427 g/mol. The Balaban J connectivity index is 2.02. The van der Waals surface area contributed by atoms with Crippen LogP contribution in [-0.2, 0) is 21.9 Å². The smallest absolute Gasteiger partial charge is 0.242 e. The summed E-state index contributed by atoms with van der Waals surface area (Å²) in [6.45, 7) is 4.37. The van der Waals surface area contributed by atoms with Gasteiger partial charge in [-0.3, -0.25) is 9.59 Å². The number of carbonyl (C=O) groups excluding carboxylic acids is 2. The van der Waals surface area contributed by atoms with Crippen LogP contribution in [-0.4, -0.2) is 35.1 Å². The first kappa shape index (κ1) is 23.6. The monoisotopic (exact) mass is 452 g/mol. The van der Waals surface area contributed by atoms with Crippen molar-refractivity contribution in [2.75, 3.05) is 12.3 Å². The topological polar surface area (TPSA) is 49.4 Å². The van der Waals surface area contributed by atoms with E-state index in [9.17, 15) is 9.59 Å². The van der Waals surface area contributed by atoms with Crippen molar-refractivity contribution >= 4 is 46.8 Å². The fraction of sp³-hybridized carbons (Fsp3) is 0.364. The molecule has 29 heavy (non-hydrogen) atoms. The molecule has 1 atom stereocenters. The van der Waals surface area contributed by atoms with Crippen LogP contribution in [0.5, 0.6) is 0 Å². The van der Waals surface area contributed by atoms with Gasteiger partial charge in [-0.25, -0.2) is 0 Å². The van der Waals surface area contributed by atoms with Gasteiger partial charge in [0.15, 0.2) is 0 Å². The highest BCUT2D eigenvalue weighted by atomic mass is 35.5. The average Bonchev–Trinajstić information content (AvgIpc) is 2.71. The first-order valence-corrected chi connectivity index (χ1v) is 11.5. The number of amides is 2. The Morgan fingerprint density at radius 1 is 1.14 bits per heavy atom. The van der Waals surface area contributed by atoms with E-state index in [-0.39, 0.29) is 18.4 Å². The van der Waals surface area contributed by atoms with Gasteiger partial charge in [-0.1, -0.05) is 59.6 Å². The van der Waals surface area contributed by atoms with Gasteiger partial charge in [0, 0.05) is 41.1 Å². The highest BCUT2D eigenvalue weighted by Crippen LogP contribution is 2.24. The summed E-state index contributed by atoms with van der Waals surface area (Å²) >= 11 is 14.0. The molecule has 0 aliphatic heterocycles. The average molecular weight is 453 g/mol. The largest absolute Gasteiger partial charge is 0.355 e. The molecule has 0 saturated carbocycles. The predicted molar refractivity (Wildman–Crippen MR) is 122 cm³/mol. The minimum Gasteiger partial charge on any atom is -0.355 e. The number of hydrogen-bond donors (Lipinski definition) is 1. The van der Waals surface area contributed by atoms with Crippen LogP contribution in [0.3, 0.4) is 0 Å². The van der Waals surface area contributed by atoms with E-state index in [0.29, 0.717) is 28.8 Å². The molecule has 0 aliphatic rings. The normalized spacial score (nSPS) is 11.7. The number of benzene rings is 2. The molecule has 1 N–H and O–H groups in total. The van der Waals surface area contributed by atoms with Gasteiger partial charge in [0.1, 0.15) is 6.04 Å². The van der Waals surface area contributed by atoms with Crippen molar-refractivity contribution in [2.45, 2.75) is 38.6 Å². The predicted octanol–water partition coefficient (Wildman–Crippen LogP) is 5.17. The quantitative estimate of drug-likeness (QED) is 0.505. The molecule has 156 valence electrons. The molecule has 0 heterocycles. The minimum atomic E-state index is -0.590. The number of hydrogen-bond acceptors (Lipinski definition) is 3. The summed E-state index contributed by atoms with van der Waals surface area (Å²) in [5.74, 6) is 1.28. The second kappa shape index (κ2) is 12.1. The number of rotatable bonds is 10. The lowest BCUT2D eigenvalue weighted by atomic mass is 10.1. The van der Waals surface area contributed by atoms with Gasteiger partial charge in [-0.2, -0.15) is 11.8 Å². The number of likely N-dealkylation sites (N-methyl/N-ethyl adjacent to an activating group) is 1. The first-order valence-electron chi connectivity index (χ1n) is 9.55. The van der Waals surface area contributed by atoms with E-state index in [1.165, 1.54) is 5.56 Å². The van der Waals surface area contributed by atoms with E-state index in [4.69, 9.17) is 23.2 Å². The Hall–Kier alpha value is -1.69. The second-order valence-corrected chi connectivity index (χ2v) is 8.56. The van der Waals surface area contributed by atoms with Crippen molar-refractivity contribution in [1.29, 1.82) is 0 Å². The maximum Gasteiger partial charge on any atom is 0.242 e. The van der Waals surface area contributed by atoms with Crippen molar-refractivity contribution < 1.29 is 9.59 Å². The molecule has 2 rings (SSSR count). The van der Waals surface area contributed by atoms with Crippen LogP contribution in [0, 0.1) is 0 Å². The fourth-order valence-corrected chi connectivity index (χ4v) is 4.17. The SMILES string of the molecule is CCNC(=O)[C@@H](C)N(Cc1ccc(Cl)cc1Cl)C(=O)CCSCc1ccccc1. The summed E-state index contributed by atoms with van der Waals surface area (Å²) in [7, 11) is 0. The van der Waals surface area contributed by atoms with Crippen molar-refractivity contribution in [3.63, 3.8) is 0 Å². The standard InChI is InChI=1S/C22H26Cl2N2O2S/c1-3-25-22(28)16(2)26(14-18-9-10-19(23)13-20(18)24)21(27)11-12-29-15-17-7-5-4-6-8-17/h4-10,13,16H,3,11-12,14-15H2,1-2H3,(H,25,28)/t16-/m1/s1. The van der Waals surface area contributed by atoms with Crippen LogP contribution in [0.1, 0.15) is 31.4 Å². The van der Waals surface area contributed by atoms with E-state index in [0.717, 1.165) is 11.3 Å². The first-order chi connectivity index (χ1) is 13.9. The Labute approximate surface area is 187 Å². The van der Waals surface area contributed by atoms with Crippen molar-refractivity contribution in [1.82, 2.24) is 10.2 Å². The Bertz CT molecular complexity index is 818. The van der Waals surface area contributed by atoms with E-state index < -0.39 is 6.04 Å². The highest BCUT2D eigenvalue weighted by Gasteiger charge is 2.26. The molecule has 2 aromatic carbocycles. The van der Waals surface area contributed by atoms with Crippen LogP contribution in [0.2, 0.25) is 10.0 Å². The van der Waals surface area contributed by atoms with Crippen LogP contribution in [0.25, 0.3) is 0 Å². The molecule has 0 saturated heterocycles. The lowest BCUT2D eigenvalue weighted by Gasteiger charge is -2.29. The summed E-state index contributed by atoms with van der Waals surface area (Å²) < 4.78 is 0. The molecule has 0 bridgehead atoms. The zero-order valence-corrected chi connectivity index (χ0v) is 19.0. The molecule has 0 fully saturated rings. The third-order valence-electron chi connectivity index (χ3n) is 4.45. The van der Waals surface area contributed by atoms with E-state index in [1.54, 1.807) is 41.8 Å². The molecule has 0 spiro atoms. The molecule has 2 amide bonds. The van der Waals surface area contributed by atoms with Gasteiger partial charge in [0.05, 0.1) is 0 Å².